The van der Waals surface area contributed by atoms with Crippen molar-refractivity contribution in [2.75, 3.05) is 0 Å². The fourth-order valence-corrected chi connectivity index (χ4v) is 2.72. The number of hydrogen-bond acceptors (Lipinski definition) is 2. The molecule has 0 bridgehead atoms. The highest BCUT2D eigenvalue weighted by atomic mass is 16.3. The number of fused-ring (bicyclic) bond motifs is 1. The van der Waals surface area contributed by atoms with E-state index in [1.165, 1.54) is 18.4 Å². The summed E-state index contributed by atoms with van der Waals surface area (Å²) in [4.78, 5) is 11.8. The zero-order chi connectivity index (χ0) is 13.9. The molecule has 3 heteroatoms. The Bertz CT molecular complexity index is 648. The highest BCUT2D eigenvalue weighted by molar-refractivity contribution is 5.92. The molecule has 3 rings (SSSR count). The largest absolute Gasteiger partial charge is 0.457 e. The lowest BCUT2D eigenvalue weighted by atomic mass is 10.2. The SMILES string of the molecule is Cc1ccc2cc(C=CC(=O)NC3CCCC3)oc2c1. The smallest absolute Gasteiger partial charge is 0.244 e. The molecular formula is C17H19NO2. The highest BCUT2D eigenvalue weighted by Crippen LogP contribution is 2.21. The van der Waals surface area contributed by atoms with Crippen molar-refractivity contribution < 1.29 is 9.21 Å². The molecule has 20 heavy (non-hydrogen) atoms. The fourth-order valence-electron chi connectivity index (χ4n) is 2.72. The Kier molecular flexibility index (Phi) is 3.59. The molecule has 1 N–H and O–H groups in total. The molecule has 1 aromatic carbocycles. The van der Waals surface area contributed by atoms with E-state index in [0.717, 1.165) is 23.8 Å². The standard InChI is InChI=1S/C17H19NO2/c1-12-6-7-13-11-15(20-16(13)10-12)8-9-17(19)18-14-4-2-3-5-14/h6-11,14H,2-5H2,1H3,(H,18,19). The molecule has 2 aromatic rings. The van der Waals surface area contributed by atoms with Gasteiger partial charge >= 0.3 is 0 Å². The van der Waals surface area contributed by atoms with Gasteiger partial charge in [0.2, 0.25) is 5.91 Å². The van der Waals surface area contributed by atoms with Gasteiger partial charge in [0.1, 0.15) is 11.3 Å². The third-order valence-corrected chi connectivity index (χ3v) is 3.80. The van der Waals surface area contributed by atoms with E-state index in [1.807, 2.05) is 25.1 Å². The maximum Gasteiger partial charge on any atom is 0.244 e. The summed E-state index contributed by atoms with van der Waals surface area (Å²) in [5.74, 6) is 0.681. The minimum atomic E-state index is -0.0338. The van der Waals surface area contributed by atoms with E-state index in [1.54, 1.807) is 12.2 Å². The normalized spacial score (nSPS) is 16.2. The summed E-state index contributed by atoms with van der Waals surface area (Å²) in [5.41, 5.74) is 2.03. The summed E-state index contributed by atoms with van der Waals surface area (Å²) in [6.45, 7) is 2.03. The lowest BCUT2D eigenvalue weighted by Gasteiger charge is -2.08. The van der Waals surface area contributed by atoms with E-state index >= 15 is 0 Å². The first-order valence-corrected chi connectivity index (χ1v) is 7.19. The summed E-state index contributed by atoms with van der Waals surface area (Å²) in [7, 11) is 0. The first-order chi connectivity index (χ1) is 9.70. The molecule has 1 aliphatic rings. The van der Waals surface area contributed by atoms with Gasteiger partial charge in [-0.1, -0.05) is 25.0 Å². The molecule has 0 saturated heterocycles. The van der Waals surface area contributed by atoms with Crippen LogP contribution in [0.2, 0.25) is 0 Å². The average Bonchev–Trinajstić information content (AvgIpc) is 3.04. The molecular weight excluding hydrogens is 250 g/mol. The van der Waals surface area contributed by atoms with Crippen LogP contribution in [-0.2, 0) is 4.79 Å². The van der Waals surface area contributed by atoms with Crippen molar-refractivity contribution >= 4 is 23.0 Å². The van der Waals surface area contributed by atoms with Crippen molar-refractivity contribution in [3.05, 3.63) is 41.7 Å². The molecule has 0 unspecified atom stereocenters. The van der Waals surface area contributed by atoms with E-state index in [-0.39, 0.29) is 5.91 Å². The van der Waals surface area contributed by atoms with Gasteiger partial charge in [0.15, 0.2) is 0 Å². The number of carbonyl (C=O) groups is 1. The van der Waals surface area contributed by atoms with Crippen molar-refractivity contribution in [2.24, 2.45) is 0 Å². The first-order valence-electron chi connectivity index (χ1n) is 7.19. The minimum Gasteiger partial charge on any atom is -0.457 e. The van der Waals surface area contributed by atoms with Crippen LogP contribution in [0.5, 0.6) is 0 Å². The number of hydrogen-bond donors (Lipinski definition) is 1. The third kappa shape index (κ3) is 2.93. The van der Waals surface area contributed by atoms with Crippen molar-refractivity contribution in [1.29, 1.82) is 0 Å². The summed E-state index contributed by atoms with van der Waals surface area (Å²) in [6, 6.07) is 8.40. The predicted octanol–water partition coefficient (Wildman–Crippen LogP) is 3.81. The molecule has 1 aliphatic carbocycles. The number of amides is 1. The van der Waals surface area contributed by atoms with Gasteiger partial charge in [-0.05, 0) is 43.5 Å². The number of aryl methyl sites for hydroxylation is 1. The van der Waals surface area contributed by atoms with Crippen molar-refractivity contribution in [3.8, 4) is 0 Å². The molecule has 1 aromatic heterocycles. The number of rotatable bonds is 3. The second-order valence-electron chi connectivity index (χ2n) is 5.51. The zero-order valence-electron chi connectivity index (χ0n) is 11.7. The predicted molar refractivity (Wildman–Crippen MR) is 80.4 cm³/mol. The van der Waals surface area contributed by atoms with Crippen LogP contribution >= 0.6 is 0 Å². The molecule has 104 valence electrons. The Hall–Kier alpha value is -2.03. The van der Waals surface area contributed by atoms with Crippen molar-refractivity contribution in [3.63, 3.8) is 0 Å². The van der Waals surface area contributed by atoms with E-state index in [9.17, 15) is 4.79 Å². The monoisotopic (exact) mass is 269 g/mol. The molecule has 1 amide bonds. The van der Waals surface area contributed by atoms with Crippen LogP contribution in [0.15, 0.2) is 34.8 Å². The summed E-state index contributed by atoms with van der Waals surface area (Å²) in [6.07, 6.45) is 7.94. The maximum atomic E-state index is 11.8. The zero-order valence-corrected chi connectivity index (χ0v) is 11.7. The molecule has 0 spiro atoms. The van der Waals surface area contributed by atoms with Gasteiger partial charge in [-0.15, -0.1) is 0 Å². The number of nitrogens with one attached hydrogen (secondary N) is 1. The molecule has 1 heterocycles. The van der Waals surface area contributed by atoms with Gasteiger partial charge in [-0.2, -0.15) is 0 Å². The van der Waals surface area contributed by atoms with Crippen LogP contribution in [-0.4, -0.2) is 11.9 Å². The molecule has 0 atom stereocenters. The fraction of sp³-hybridized carbons (Fsp3) is 0.353. The highest BCUT2D eigenvalue weighted by Gasteiger charge is 2.15. The molecule has 0 aliphatic heterocycles. The number of benzene rings is 1. The van der Waals surface area contributed by atoms with E-state index in [4.69, 9.17) is 4.42 Å². The molecule has 0 radical (unpaired) electrons. The molecule has 1 fully saturated rings. The Balaban J connectivity index is 1.68. The van der Waals surface area contributed by atoms with E-state index in [0.29, 0.717) is 11.8 Å². The van der Waals surface area contributed by atoms with Gasteiger partial charge in [0.05, 0.1) is 0 Å². The Morgan fingerprint density at radius 2 is 2.10 bits per heavy atom. The van der Waals surface area contributed by atoms with E-state index < -0.39 is 0 Å². The second kappa shape index (κ2) is 5.53. The summed E-state index contributed by atoms with van der Waals surface area (Å²) in [5, 5.41) is 4.09. The number of furan rings is 1. The van der Waals surface area contributed by atoms with Gasteiger partial charge < -0.3 is 9.73 Å². The third-order valence-electron chi connectivity index (χ3n) is 3.80. The van der Waals surface area contributed by atoms with Crippen LogP contribution in [0, 0.1) is 6.92 Å². The topological polar surface area (TPSA) is 42.2 Å². The van der Waals surface area contributed by atoms with Crippen molar-refractivity contribution in [2.45, 2.75) is 38.6 Å². The Morgan fingerprint density at radius 3 is 2.90 bits per heavy atom. The van der Waals surface area contributed by atoms with Crippen LogP contribution in [0.3, 0.4) is 0 Å². The lowest BCUT2D eigenvalue weighted by molar-refractivity contribution is -0.117. The molecule has 3 nitrogen and oxygen atoms in total. The maximum absolute atomic E-state index is 11.8. The molecule has 1 saturated carbocycles. The van der Waals surface area contributed by atoms with Crippen LogP contribution in [0.4, 0.5) is 0 Å². The first kappa shape index (κ1) is 13.0. The quantitative estimate of drug-likeness (QED) is 0.861. The van der Waals surface area contributed by atoms with Gasteiger partial charge in [-0.25, -0.2) is 0 Å². The van der Waals surface area contributed by atoms with Gasteiger partial charge in [-0.3, -0.25) is 4.79 Å². The van der Waals surface area contributed by atoms with E-state index in [2.05, 4.69) is 11.4 Å². The summed E-state index contributed by atoms with van der Waals surface area (Å²) >= 11 is 0. The number of carbonyl (C=O) groups excluding carboxylic acids is 1. The van der Waals surface area contributed by atoms with Crippen LogP contribution < -0.4 is 5.32 Å². The minimum absolute atomic E-state index is 0.0338. The van der Waals surface area contributed by atoms with Crippen LogP contribution in [0.25, 0.3) is 17.0 Å². The second-order valence-corrected chi connectivity index (χ2v) is 5.51. The average molecular weight is 269 g/mol. The van der Waals surface area contributed by atoms with Crippen LogP contribution in [0.1, 0.15) is 37.0 Å². The lowest BCUT2D eigenvalue weighted by Crippen LogP contribution is -2.30. The van der Waals surface area contributed by atoms with Gasteiger partial charge in [0, 0.05) is 17.5 Å². The van der Waals surface area contributed by atoms with Crippen molar-refractivity contribution in [1.82, 2.24) is 5.32 Å². The Morgan fingerprint density at radius 1 is 1.30 bits per heavy atom. The van der Waals surface area contributed by atoms with Gasteiger partial charge in [0.25, 0.3) is 0 Å². The summed E-state index contributed by atoms with van der Waals surface area (Å²) < 4.78 is 5.70. The Labute approximate surface area is 118 Å².